The Hall–Kier alpha value is -2.96. The third kappa shape index (κ3) is 4.78. The second-order valence-electron chi connectivity index (χ2n) is 7.06. The molecule has 0 saturated carbocycles. The van der Waals surface area contributed by atoms with E-state index in [0.29, 0.717) is 5.56 Å². The van der Waals surface area contributed by atoms with Crippen molar-refractivity contribution in [3.8, 4) is 0 Å². The van der Waals surface area contributed by atoms with Gasteiger partial charge in [-0.1, -0.05) is 45.0 Å². The van der Waals surface area contributed by atoms with Crippen LogP contribution >= 0.6 is 0 Å². The van der Waals surface area contributed by atoms with Crippen LogP contribution in [0.15, 0.2) is 46.1 Å². The molecule has 1 N–H and O–H groups in total. The predicted molar refractivity (Wildman–Crippen MR) is 96.3 cm³/mol. The van der Waals surface area contributed by atoms with Gasteiger partial charge in [0.25, 0.3) is 5.56 Å². The second-order valence-corrected chi connectivity index (χ2v) is 7.06. The molecule has 0 spiro atoms. The lowest BCUT2D eigenvalue weighted by molar-refractivity contribution is -0.147. The van der Waals surface area contributed by atoms with Crippen molar-refractivity contribution in [3.05, 3.63) is 68.5 Å². The average Bonchev–Trinajstić information content (AvgIpc) is 2.56. The molecule has 1 aromatic carbocycles. The van der Waals surface area contributed by atoms with E-state index in [9.17, 15) is 19.2 Å². The standard InChI is InChI=1S/C19H22N2O5/c1-12(17(24)13-5-7-14(8-6-13)19(2,3)4)26-16(23)11-21-10-9-15(22)20-18(21)25/h5-10,12H,11H2,1-4H3,(H,20,22,25)/t12-/m1/s1. The van der Waals surface area contributed by atoms with Crippen LogP contribution in [0.25, 0.3) is 0 Å². The summed E-state index contributed by atoms with van der Waals surface area (Å²) in [7, 11) is 0. The lowest BCUT2D eigenvalue weighted by atomic mass is 9.86. The third-order valence-electron chi connectivity index (χ3n) is 3.91. The molecule has 0 aliphatic carbocycles. The van der Waals surface area contributed by atoms with Crippen molar-refractivity contribution in [2.75, 3.05) is 0 Å². The van der Waals surface area contributed by atoms with E-state index in [1.165, 1.54) is 13.1 Å². The normalized spacial score (nSPS) is 12.5. The molecule has 2 rings (SSSR count). The van der Waals surface area contributed by atoms with Crippen LogP contribution < -0.4 is 11.2 Å². The van der Waals surface area contributed by atoms with Crippen LogP contribution in [-0.4, -0.2) is 27.4 Å². The van der Waals surface area contributed by atoms with Gasteiger partial charge in [0, 0.05) is 17.8 Å². The van der Waals surface area contributed by atoms with E-state index in [2.05, 4.69) is 20.8 Å². The molecule has 0 unspecified atom stereocenters. The van der Waals surface area contributed by atoms with Crippen LogP contribution in [0.1, 0.15) is 43.6 Å². The molecular formula is C19H22N2O5. The van der Waals surface area contributed by atoms with Crippen molar-refractivity contribution >= 4 is 11.8 Å². The fourth-order valence-corrected chi connectivity index (χ4v) is 2.36. The topological polar surface area (TPSA) is 98.2 Å². The summed E-state index contributed by atoms with van der Waals surface area (Å²) in [6.07, 6.45) is 0.210. The fraction of sp³-hybridized carbons (Fsp3) is 0.368. The van der Waals surface area contributed by atoms with Crippen LogP contribution in [0.4, 0.5) is 0 Å². The number of nitrogens with one attached hydrogen (secondary N) is 1. The number of esters is 1. The van der Waals surface area contributed by atoms with E-state index in [1.54, 1.807) is 12.1 Å². The Morgan fingerprint density at radius 1 is 1.12 bits per heavy atom. The Morgan fingerprint density at radius 3 is 2.27 bits per heavy atom. The number of Topliss-reactive ketones (excluding diaryl/α,β-unsaturated/α-hetero) is 1. The highest BCUT2D eigenvalue weighted by molar-refractivity contribution is 6.00. The molecule has 0 fully saturated rings. The summed E-state index contributed by atoms with van der Waals surface area (Å²) in [5, 5.41) is 0. The van der Waals surface area contributed by atoms with Crippen molar-refractivity contribution in [2.24, 2.45) is 0 Å². The SMILES string of the molecule is C[C@@H](OC(=O)Cn1ccc(=O)[nH]c1=O)C(=O)c1ccc(C(C)(C)C)cc1. The first-order chi connectivity index (χ1) is 12.1. The van der Waals surface area contributed by atoms with Crippen molar-refractivity contribution in [1.29, 1.82) is 0 Å². The highest BCUT2D eigenvalue weighted by atomic mass is 16.5. The minimum atomic E-state index is -0.985. The maximum Gasteiger partial charge on any atom is 0.328 e. The van der Waals surface area contributed by atoms with Gasteiger partial charge in [-0.05, 0) is 17.9 Å². The number of carbonyl (C=O) groups is 2. The van der Waals surface area contributed by atoms with E-state index >= 15 is 0 Å². The zero-order valence-electron chi connectivity index (χ0n) is 15.2. The Kier molecular flexibility index (Phi) is 5.59. The minimum absolute atomic E-state index is 0.0242. The minimum Gasteiger partial charge on any atom is -0.453 e. The van der Waals surface area contributed by atoms with Crippen molar-refractivity contribution in [1.82, 2.24) is 9.55 Å². The largest absolute Gasteiger partial charge is 0.453 e. The van der Waals surface area contributed by atoms with Gasteiger partial charge in [0.15, 0.2) is 6.10 Å². The van der Waals surface area contributed by atoms with E-state index in [-0.39, 0.29) is 11.2 Å². The van der Waals surface area contributed by atoms with Gasteiger partial charge in [-0.25, -0.2) is 4.79 Å². The van der Waals surface area contributed by atoms with Crippen LogP contribution in [0.5, 0.6) is 0 Å². The number of ketones is 1. The monoisotopic (exact) mass is 358 g/mol. The van der Waals surface area contributed by atoms with Crippen LogP contribution in [-0.2, 0) is 21.5 Å². The van der Waals surface area contributed by atoms with Gasteiger partial charge in [0.05, 0.1) is 0 Å². The number of hydrogen-bond donors (Lipinski definition) is 1. The second kappa shape index (κ2) is 7.51. The van der Waals surface area contributed by atoms with Crippen LogP contribution in [0.2, 0.25) is 0 Å². The van der Waals surface area contributed by atoms with Crippen molar-refractivity contribution < 1.29 is 14.3 Å². The maximum absolute atomic E-state index is 12.4. The summed E-state index contributed by atoms with van der Waals surface area (Å²) in [5.74, 6) is -1.07. The molecule has 138 valence electrons. The van der Waals surface area contributed by atoms with Gasteiger partial charge >= 0.3 is 11.7 Å². The molecule has 7 nitrogen and oxygen atoms in total. The molecular weight excluding hydrogens is 336 g/mol. The maximum atomic E-state index is 12.4. The summed E-state index contributed by atoms with van der Waals surface area (Å²) < 4.78 is 6.11. The Bertz CT molecular complexity index is 916. The van der Waals surface area contributed by atoms with Gasteiger partial charge in [0.1, 0.15) is 6.54 Å². The van der Waals surface area contributed by atoms with Crippen molar-refractivity contribution in [3.63, 3.8) is 0 Å². The lowest BCUT2D eigenvalue weighted by Crippen LogP contribution is -2.33. The van der Waals surface area contributed by atoms with Gasteiger partial charge in [-0.2, -0.15) is 0 Å². The first-order valence-corrected chi connectivity index (χ1v) is 8.22. The molecule has 0 radical (unpaired) electrons. The van der Waals surface area contributed by atoms with Crippen LogP contribution in [0, 0.1) is 0 Å². The average molecular weight is 358 g/mol. The number of ether oxygens (including phenoxy) is 1. The van der Waals surface area contributed by atoms with E-state index in [4.69, 9.17) is 4.74 Å². The number of nitrogens with zero attached hydrogens (tertiary/aromatic N) is 1. The molecule has 1 atom stereocenters. The smallest absolute Gasteiger partial charge is 0.328 e. The first-order valence-electron chi connectivity index (χ1n) is 8.22. The molecule has 1 aromatic heterocycles. The lowest BCUT2D eigenvalue weighted by Gasteiger charge is -2.19. The third-order valence-corrected chi connectivity index (χ3v) is 3.91. The molecule has 7 heteroatoms. The summed E-state index contributed by atoms with van der Waals surface area (Å²) in [5.41, 5.74) is 0.243. The number of aromatic amines is 1. The zero-order valence-corrected chi connectivity index (χ0v) is 15.2. The molecule has 2 aromatic rings. The van der Waals surface area contributed by atoms with E-state index in [1.807, 2.05) is 17.1 Å². The summed E-state index contributed by atoms with van der Waals surface area (Å²) in [6.45, 7) is 7.32. The summed E-state index contributed by atoms with van der Waals surface area (Å²) >= 11 is 0. The van der Waals surface area contributed by atoms with Gasteiger partial charge in [0.2, 0.25) is 5.78 Å². The number of carbonyl (C=O) groups excluding carboxylic acids is 2. The Labute approximate surface area is 150 Å². The quantitative estimate of drug-likeness (QED) is 0.647. The number of rotatable bonds is 5. The number of aromatic nitrogens is 2. The van der Waals surface area contributed by atoms with Gasteiger partial charge in [-0.15, -0.1) is 0 Å². The van der Waals surface area contributed by atoms with Gasteiger partial charge < -0.3 is 4.74 Å². The van der Waals surface area contributed by atoms with E-state index < -0.39 is 29.9 Å². The Morgan fingerprint density at radius 2 is 1.73 bits per heavy atom. The highest BCUT2D eigenvalue weighted by Crippen LogP contribution is 2.22. The Balaban J connectivity index is 2.03. The molecule has 0 amide bonds. The highest BCUT2D eigenvalue weighted by Gasteiger charge is 2.21. The molecule has 1 heterocycles. The molecule has 0 aliphatic rings. The van der Waals surface area contributed by atoms with E-state index in [0.717, 1.165) is 16.2 Å². The first kappa shape index (κ1) is 19.4. The zero-order chi connectivity index (χ0) is 19.5. The van der Waals surface area contributed by atoms with Crippen molar-refractivity contribution in [2.45, 2.75) is 45.8 Å². The summed E-state index contributed by atoms with van der Waals surface area (Å²) in [6, 6.07) is 8.29. The number of benzene rings is 1. The molecule has 0 bridgehead atoms. The number of H-pyrrole nitrogens is 1. The fourth-order valence-electron chi connectivity index (χ4n) is 2.36. The summed E-state index contributed by atoms with van der Waals surface area (Å²) in [4.78, 5) is 49.0. The molecule has 26 heavy (non-hydrogen) atoms. The molecule has 0 saturated heterocycles. The van der Waals surface area contributed by atoms with Crippen LogP contribution in [0.3, 0.4) is 0 Å². The van der Waals surface area contributed by atoms with Gasteiger partial charge in [-0.3, -0.25) is 23.9 Å². The predicted octanol–water partition coefficient (Wildman–Crippen LogP) is 1.65. The number of hydrogen-bond acceptors (Lipinski definition) is 5. The molecule has 0 aliphatic heterocycles.